The van der Waals surface area contributed by atoms with Gasteiger partial charge in [-0.1, -0.05) is 23.9 Å². The molecule has 17 heavy (non-hydrogen) atoms. The molecule has 6 heteroatoms. The number of carbonyl (C=O) groups excluding carboxylic acids is 1. The van der Waals surface area contributed by atoms with Crippen molar-refractivity contribution in [1.29, 1.82) is 0 Å². The Morgan fingerprint density at radius 2 is 2.24 bits per heavy atom. The van der Waals surface area contributed by atoms with Crippen LogP contribution in [0.3, 0.4) is 0 Å². The molecule has 0 aliphatic carbocycles. The van der Waals surface area contributed by atoms with Gasteiger partial charge in [0.15, 0.2) is 5.16 Å². The van der Waals surface area contributed by atoms with Crippen LogP contribution >= 0.6 is 11.8 Å². The lowest BCUT2D eigenvalue weighted by atomic mass is 10.1. The summed E-state index contributed by atoms with van der Waals surface area (Å²) in [7, 11) is 0. The molecule has 0 spiro atoms. The number of thioether (sulfide) groups is 1. The zero-order chi connectivity index (χ0) is 12.5. The molecule has 1 aromatic heterocycles. The fraction of sp³-hybridized carbons (Fsp3) is 0.273. The molecule has 2 aromatic rings. The highest BCUT2D eigenvalue weighted by Crippen LogP contribution is 2.21. The van der Waals surface area contributed by atoms with Gasteiger partial charge in [-0.05, 0) is 19.1 Å². The third-order valence-corrected chi connectivity index (χ3v) is 3.65. The van der Waals surface area contributed by atoms with Gasteiger partial charge in [-0.15, -0.1) is 0 Å². The van der Waals surface area contributed by atoms with E-state index < -0.39 is 11.4 Å². The number of hydrogen-bond acceptors (Lipinski definition) is 4. The van der Waals surface area contributed by atoms with E-state index in [4.69, 9.17) is 11.5 Å². The number of benzene rings is 1. The average molecular weight is 250 g/mol. The second-order valence-electron chi connectivity index (χ2n) is 4.13. The van der Waals surface area contributed by atoms with E-state index in [0.29, 0.717) is 5.75 Å². The van der Waals surface area contributed by atoms with Gasteiger partial charge >= 0.3 is 0 Å². The van der Waals surface area contributed by atoms with Crippen molar-refractivity contribution >= 4 is 28.7 Å². The highest BCUT2D eigenvalue weighted by atomic mass is 32.2. The van der Waals surface area contributed by atoms with E-state index in [9.17, 15) is 4.79 Å². The Hall–Kier alpha value is -1.53. The molecular formula is C11H14N4OS. The van der Waals surface area contributed by atoms with E-state index >= 15 is 0 Å². The first-order valence-electron chi connectivity index (χ1n) is 5.15. The molecule has 0 fully saturated rings. The fourth-order valence-corrected chi connectivity index (χ4v) is 2.21. The Labute approximate surface area is 103 Å². The molecule has 1 unspecified atom stereocenters. The Bertz CT molecular complexity index is 516. The number of amides is 1. The minimum absolute atomic E-state index is 0.391. The van der Waals surface area contributed by atoms with Crippen LogP contribution < -0.4 is 11.5 Å². The van der Waals surface area contributed by atoms with Gasteiger partial charge in [0, 0.05) is 5.75 Å². The summed E-state index contributed by atoms with van der Waals surface area (Å²) in [5.74, 6) is -0.122. The lowest BCUT2D eigenvalue weighted by Crippen LogP contribution is -2.51. The monoisotopic (exact) mass is 250 g/mol. The molecule has 2 rings (SSSR count). The zero-order valence-corrected chi connectivity index (χ0v) is 10.3. The number of nitrogens with two attached hydrogens (primary N) is 2. The molecule has 1 atom stereocenters. The molecule has 5 nitrogen and oxygen atoms in total. The Morgan fingerprint density at radius 1 is 1.53 bits per heavy atom. The summed E-state index contributed by atoms with van der Waals surface area (Å²) in [6.45, 7) is 1.62. The smallest absolute Gasteiger partial charge is 0.238 e. The second kappa shape index (κ2) is 4.38. The van der Waals surface area contributed by atoms with E-state index in [1.807, 2.05) is 24.3 Å². The van der Waals surface area contributed by atoms with Crippen LogP contribution in [0.5, 0.6) is 0 Å². The highest BCUT2D eigenvalue weighted by Gasteiger charge is 2.26. The molecule has 0 aliphatic heterocycles. The third kappa shape index (κ3) is 2.59. The molecule has 0 bridgehead atoms. The summed E-state index contributed by atoms with van der Waals surface area (Å²) in [5, 5.41) is 0.740. The number of carbonyl (C=O) groups is 1. The SMILES string of the molecule is CC(N)(CSc1nc2ccccc2[nH]1)C(N)=O. The van der Waals surface area contributed by atoms with Crippen molar-refractivity contribution in [2.75, 3.05) is 5.75 Å². The van der Waals surface area contributed by atoms with Crippen LogP contribution in [-0.2, 0) is 4.79 Å². The minimum Gasteiger partial charge on any atom is -0.368 e. The number of fused-ring (bicyclic) bond motifs is 1. The summed E-state index contributed by atoms with van der Waals surface area (Å²) in [5.41, 5.74) is 11.8. The van der Waals surface area contributed by atoms with E-state index in [1.54, 1.807) is 6.92 Å². The number of hydrogen-bond donors (Lipinski definition) is 3. The second-order valence-corrected chi connectivity index (χ2v) is 5.09. The van der Waals surface area contributed by atoms with Crippen LogP contribution in [0, 0.1) is 0 Å². The van der Waals surface area contributed by atoms with E-state index in [2.05, 4.69) is 9.97 Å². The minimum atomic E-state index is -1.02. The molecule has 1 aromatic carbocycles. The predicted octanol–water partition coefficient (Wildman–Crippen LogP) is 0.858. The first kappa shape index (κ1) is 11.9. The number of imidazole rings is 1. The quantitative estimate of drug-likeness (QED) is 0.701. The molecule has 0 radical (unpaired) electrons. The Morgan fingerprint density at radius 3 is 2.88 bits per heavy atom. The van der Waals surface area contributed by atoms with Crippen molar-refractivity contribution < 1.29 is 4.79 Å². The molecular weight excluding hydrogens is 236 g/mol. The predicted molar refractivity (Wildman–Crippen MR) is 68.6 cm³/mol. The number of para-hydroxylation sites is 2. The van der Waals surface area contributed by atoms with Crippen LogP contribution in [0.2, 0.25) is 0 Å². The van der Waals surface area contributed by atoms with Gasteiger partial charge in [-0.3, -0.25) is 4.79 Å². The van der Waals surface area contributed by atoms with Crippen LogP contribution in [0.25, 0.3) is 11.0 Å². The maximum Gasteiger partial charge on any atom is 0.238 e. The van der Waals surface area contributed by atoms with Crippen molar-refractivity contribution in [2.24, 2.45) is 11.5 Å². The first-order valence-corrected chi connectivity index (χ1v) is 6.14. The Kier molecular flexibility index (Phi) is 3.08. The maximum absolute atomic E-state index is 11.1. The van der Waals surface area contributed by atoms with Crippen LogP contribution in [0.4, 0.5) is 0 Å². The number of primary amides is 1. The summed E-state index contributed by atoms with van der Waals surface area (Å²) < 4.78 is 0. The van der Waals surface area contributed by atoms with Gasteiger partial charge < -0.3 is 16.5 Å². The molecule has 0 saturated carbocycles. The molecule has 0 saturated heterocycles. The van der Waals surface area contributed by atoms with E-state index in [1.165, 1.54) is 11.8 Å². The summed E-state index contributed by atoms with van der Waals surface area (Å²) in [6.07, 6.45) is 0. The molecule has 1 amide bonds. The number of rotatable bonds is 4. The largest absolute Gasteiger partial charge is 0.368 e. The van der Waals surface area contributed by atoms with Crippen molar-refractivity contribution in [1.82, 2.24) is 9.97 Å². The maximum atomic E-state index is 11.1. The number of nitrogens with zero attached hydrogens (tertiary/aromatic N) is 1. The Balaban J connectivity index is 2.12. The van der Waals surface area contributed by atoms with Gasteiger partial charge in [0.2, 0.25) is 5.91 Å². The lowest BCUT2D eigenvalue weighted by Gasteiger charge is -2.18. The molecule has 0 aliphatic rings. The zero-order valence-electron chi connectivity index (χ0n) is 9.43. The van der Waals surface area contributed by atoms with Crippen LogP contribution in [-0.4, -0.2) is 27.2 Å². The van der Waals surface area contributed by atoms with Gasteiger partial charge in [0.1, 0.15) is 5.54 Å². The van der Waals surface area contributed by atoms with Crippen molar-refractivity contribution in [2.45, 2.75) is 17.6 Å². The van der Waals surface area contributed by atoms with Crippen molar-refractivity contribution in [3.8, 4) is 0 Å². The normalized spacial score (nSPS) is 14.7. The van der Waals surface area contributed by atoms with Gasteiger partial charge in [-0.2, -0.15) is 0 Å². The van der Waals surface area contributed by atoms with Crippen molar-refractivity contribution in [3.05, 3.63) is 24.3 Å². The number of nitrogens with one attached hydrogen (secondary N) is 1. The topological polar surface area (TPSA) is 97.8 Å². The lowest BCUT2D eigenvalue weighted by molar-refractivity contribution is -0.121. The summed E-state index contributed by atoms with van der Waals surface area (Å²) in [6, 6.07) is 7.73. The molecule has 1 heterocycles. The number of aromatic amines is 1. The van der Waals surface area contributed by atoms with Crippen LogP contribution in [0.15, 0.2) is 29.4 Å². The highest BCUT2D eigenvalue weighted by molar-refractivity contribution is 7.99. The van der Waals surface area contributed by atoms with Gasteiger partial charge in [0.25, 0.3) is 0 Å². The number of aromatic nitrogens is 2. The first-order chi connectivity index (χ1) is 7.99. The summed E-state index contributed by atoms with van der Waals surface area (Å²) in [4.78, 5) is 18.6. The third-order valence-electron chi connectivity index (χ3n) is 2.44. The fourth-order valence-electron chi connectivity index (χ4n) is 1.29. The standard InChI is InChI=1S/C11H14N4OS/c1-11(13,9(12)16)6-17-10-14-7-4-2-3-5-8(7)15-10/h2-5H,6,13H2,1H3,(H2,12,16)(H,14,15). The number of H-pyrrole nitrogens is 1. The van der Waals surface area contributed by atoms with Crippen molar-refractivity contribution in [3.63, 3.8) is 0 Å². The van der Waals surface area contributed by atoms with Gasteiger partial charge in [0.05, 0.1) is 11.0 Å². The van der Waals surface area contributed by atoms with Gasteiger partial charge in [-0.25, -0.2) is 4.98 Å². The van der Waals surface area contributed by atoms with E-state index in [0.717, 1.165) is 16.2 Å². The van der Waals surface area contributed by atoms with E-state index in [-0.39, 0.29) is 0 Å². The average Bonchev–Trinajstić information content (AvgIpc) is 2.69. The molecule has 5 N–H and O–H groups in total. The summed E-state index contributed by atoms with van der Waals surface area (Å²) >= 11 is 1.39. The van der Waals surface area contributed by atoms with Crippen LogP contribution in [0.1, 0.15) is 6.92 Å². The molecule has 90 valence electrons.